The Morgan fingerprint density at radius 1 is 1.47 bits per heavy atom. The van der Waals surface area contributed by atoms with Crippen LogP contribution in [0.5, 0.6) is 0 Å². The lowest BCUT2D eigenvalue weighted by Crippen LogP contribution is -2.37. The van der Waals surface area contributed by atoms with Gasteiger partial charge in [0.25, 0.3) is 0 Å². The van der Waals surface area contributed by atoms with Gasteiger partial charge in [0.2, 0.25) is 0 Å². The summed E-state index contributed by atoms with van der Waals surface area (Å²) < 4.78 is 4.78. The van der Waals surface area contributed by atoms with E-state index < -0.39 is 0 Å². The zero-order valence-electron chi connectivity index (χ0n) is 10.5. The summed E-state index contributed by atoms with van der Waals surface area (Å²) in [7, 11) is 1.43. The lowest BCUT2D eigenvalue weighted by molar-refractivity contribution is -0.143. The number of hydrogen-bond acceptors (Lipinski definition) is 4. The van der Waals surface area contributed by atoms with Crippen LogP contribution in [0.1, 0.15) is 31.7 Å². The molecule has 1 rings (SSSR count). The van der Waals surface area contributed by atoms with Crippen molar-refractivity contribution in [2.75, 3.05) is 7.11 Å². The number of nitrogens with zero attached hydrogens (tertiary/aromatic N) is 1. The molecule has 1 aromatic rings. The van der Waals surface area contributed by atoms with Gasteiger partial charge in [-0.15, -0.1) is 0 Å². The third-order valence-corrected chi connectivity index (χ3v) is 2.63. The lowest BCUT2D eigenvalue weighted by atomic mass is 10.1. The van der Waals surface area contributed by atoms with E-state index in [1.807, 2.05) is 12.1 Å². The van der Waals surface area contributed by atoms with Crippen LogP contribution in [-0.2, 0) is 16.1 Å². The fraction of sp³-hybridized carbons (Fsp3) is 0.538. The molecule has 0 aliphatic carbocycles. The number of ether oxygens (including phenoxy) is 1. The van der Waals surface area contributed by atoms with Crippen LogP contribution >= 0.6 is 0 Å². The van der Waals surface area contributed by atoms with Gasteiger partial charge in [-0.2, -0.15) is 0 Å². The molecule has 1 heterocycles. The van der Waals surface area contributed by atoms with Crippen molar-refractivity contribution >= 4 is 5.97 Å². The van der Waals surface area contributed by atoms with Gasteiger partial charge >= 0.3 is 5.97 Å². The van der Waals surface area contributed by atoms with E-state index in [0.717, 1.165) is 24.8 Å². The molecule has 0 aromatic carbocycles. The van der Waals surface area contributed by atoms with Crippen molar-refractivity contribution in [3.05, 3.63) is 30.1 Å². The largest absolute Gasteiger partial charge is 0.468 e. The highest BCUT2D eigenvalue weighted by atomic mass is 16.5. The standard InChI is InChI=1S/C13H20N2O2/c1-3-4-5-12(13(16)17-2)15-10-11-6-8-14-9-7-11/h6-9,12,15H,3-5,10H2,1-2H3. The molecule has 0 fully saturated rings. The molecule has 4 heteroatoms. The number of unbranched alkanes of at least 4 members (excludes halogenated alkanes) is 1. The Morgan fingerprint density at radius 2 is 2.18 bits per heavy atom. The summed E-state index contributed by atoms with van der Waals surface area (Å²) in [4.78, 5) is 15.5. The molecule has 17 heavy (non-hydrogen) atoms. The normalized spacial score (nSPS) is 12.1. The first-order valence-corrected chi connectivity index (χ1v) is 5.98. The first-order chi connectivity index (χ1) is 8.27. The Bertz CT molecular complexity index is 327. The molecule has 0 aliphatic rings. The van der Waals surface area contributed by atoms with E-state index in [0.29, 0.717) is 6.54 Å². The molecular weight excluding hydrogens is 216 g/mol. The summed E-state index contributed by atoms with van der Waals surface area (Å²) in [5.74, 6) is -0.187. The van der Waals surface area contributed by atoms with Gasteiger partial charge in [0.1, 0.15) is 6.04 Å². The summed E-state index contributed by atoms with van der Waals surface area (Å²) in [6.07, 6.45) is 6.40. The van der Waals surface area contributed by atoms with Gasteiger partial charge in [-0.25, -0.2) is 0 Å². The maximum atomic E-state index is 11.5. The molecule has 1 aromatic heterocycles. The minimum Gasteiger partial charge on any atom is -0.468 e. The number of methoxy groups -OCH3 is 1. The second-order valence-electron chi connectivity index (χ2n) is 3.95. The summed E-state index contributed by atoms with van der Waals surface area (Å²) >= 11 is 0. The second kappa shape index (κ2) is 7.79. The Hall–Kier alpha value is -1.42. The smallest absolute Gasteiger partial charge is 0.322 e. The average molecular weight is 236 g/mol. The molecule has 4 nitrogen and oxygen atoms in total. The van der Waals surface area contributed by atoms with E-state index in [4.69, 9.17) is 4.74 Å². The number of esters is 1. The third kappa shape index (κ3) is 4.95. The monoisotopic (exact) mass is 236 g/mol. The Kier molecular flexibility index (Phi) is 6.25. The summed E-state index contributed by atoms with van der Waals surface area (Å²) in [6.45, 7) is 2.77. The van der Waals surface area contributed by atoms with Crippen LogP contribution in [0.15, 0.2) is 24.5 Å². The fourth-order valence-corrected chi connectivity index (χ4v) is 1.60. The number of aromatic nitrogens is 1. The van der Waals surface area contributed by atoms with Crippen LogP contribution in [0.25, 0.3) is 0 Å². The van der Waals surface area contributed by atoms with Crippen LogP contribution in [0, 0.1) is 0 Å². The maximum Gasteiger partial charge on any atom is 0.322 e. The molecule has 0 amide bonds. The van der Waals surface area contributed by atoms with Crippen molar-refractivity contribution in [2.45, 2.75) is 38.8 Å². The van der Waals surface area contributed by atoms with Gasteiger partial charge in [-0.3, -0.25) is 9.78 Å². The second-order valence-corrected chi connectivity index (χ2v) is 3.95. The number of pyridine rings is 1. The van der Waals surface area contributed by atoms with Crippen LogP contribution in [0.2, 0.25) is 0 Å². The van der Waals surface area contributed by atoms with Gasteiger partial charge in [0, 0.05) is 18.9 Å². The van der Waals surface area contributed by atoms with Gasteiger partial charge in [-0.05, 0) is 24.1 Å². The van der Waals surface area contributed by atoms with E-state index in [9.17, 15) is 4.79 Å². The van der Waals surface area contributed by atoms with Crippen molar-refractivity contribution < 1.29 is 9.53 Å². The minimum absolute atomic E-state index is 0.187. The van der Waals surface area contributed by atoms with E-state index >= 15 is 0 Å². The average Bonchev–Trinajstić information content (AvgIpc) is 2.39. The van der Waals surface area contributed by atoms with Gasteiger partial charge in [-0.1, -0.05) is 19.8 Å². The number of rotatable bonds is 7. The highest BCUT2D eigenvalue weighted by Crippen LogP contribution is 2.04. The third-order valence-electron chi connectivity index (χ3n) is 2.63. The summed E-state index contributed by atoms with van der Waals surface area (Å²) in [5, 5.41) is 3.22. The predicted octanol–water partition coefficient (Wildman–Crippen LogP) is 1.90. The van der Waals surface area contributed by atoms with Gasteiger partial charge in [0.15, 0.2) is 0 Å². The van der Waals surface area contributed by atoms with Crippen molar-refractivity contribution in [3.63, 3.8) is 0 Å². The number of hydrogen-bond donors (Lipinski definition) is 1. The molecule has 0 saturated carbocycles. The molecule has 0 radical (unpaired) electrons. The highest BCUT2D eigenvalue weighted by molar-refractivity contribution is 5.75. The SMILES string of the molecule is CCCCC(NCc1ccncc1)C(=O)OC. The number of carbonyl (C=O) groups is 1. The van der Waals surface area contributed by atoms with Crippen LogP contribution < -0.4 is 5.32 Å². The van der Waals surface area contributed by atoms with Gasteiger partial charge < -0.3 is 10.1 Å². The Labute approximate surface area is 102 Å². The van der Waals surface area contributed by atoms with E-state index in [1.165, 1.54) is 7.11 Å². The minimum atomic E-state index is -0.215. The van der Waals surface area contributed by atoms with Crippen LogP contribution in [-0.4, -0.2) is 24.1 Å². The topological polar surface area (TPSA) is 51.2 Å². The molecule has 1 atom stereocenters. The Morgan fingerprint density at radius 3 is 2.76 bits per heavy atom. The Balaban J connectivity index is 2.46. The van der Waals surface area contributed by atoms with Gasteiger partial charge in [0.05, 0.1) is 7.11 Å². The molecule has 0 saturated heterocycles. The van der Waals surface area contributed by atoms with Crippen LogP contribution in [0.4, 0.5) is 0 Å². The molecule has 94 valence electrons. The molecular formula is C13H20N2O2. The number of carbonyl (C=O) groups excluding carboxylic acids is 1. The number of nitrogens with one attached hydrogen (secondary N) is 1. The predicted molar refractivity (Wildman–Crippen MR) is 66.4 cm³/mol. The molecule has 1 unspecified atom stereocenters. The van der Waals surface area contributed by atoms with E-state index in [2.05, 4.69) is 17.2 Å². The zero-order valence-corrected chi connectivity index (χ0v) is 10.5. The molecule has 0 bridgehead atoms. The summed E-state index contributed by atoms with van der Waals surface area (Å²) in [5.41, 5.74) is 1.12. The van der Waals surface area contributed by atoms with Crippen LogP contribution in [0.3, 0.4) is 0 Å². The van der Waals surface area contributed by atoms with E-state index in [-0.39, 0.29) is 12.0 Å². The molecule has 0 aliphatic heterocycles. The fourth-order valence-electron chi connectivity index (χ4n) is 1.60. The zero-order chi connectivity index (χ0) is 12.5. The summed E-state index contributed by atoms with van der Waals surface area (Å²) in [6, 6.07) is 3.65. The lowest BCUT2D eigenvalue weighted by Gasteiger charge is -2.16. The first kappa shape index (κ1) is 13.6. The molecule has 0 spiro atoms. The quantitative estimate of drug-likeness (QED) is 0.735. The van der Waals surface area contributed by atoms with Crippen molar-refractivity contribution in [2.24, 2.45) is 0 Å². The highest BCUT2D eigenvalue weighted by Gasteiger charge is 2.17. The first-order valence-electron chi connectivity index (χ1n) is 5.98. The van der Waals surface area contributed by atoms with E-state index in [1.54, 1.807) is 12.4 Å². The van der Waals surface area contributed by atoms with Crippen molar-refractivity contribution in [1.82, 2.24) is 10.3 Å². The van der Waals surface area contributed by atoms with Crippen molar-refractivity contribution in [3.8, 4) is 0 Å². The van der Waals surface area contributed by atoms with Crippen molar-refractivity contribution in [1.29, 1.82) is 0 Å². The maximum absolute atomic E-state index is 11.5. The molecule has 1 N–H and O–H groups in total.